The highest BCUT2D eigenvalue weighted by molar-refractivity contribution is 6.31. The van der Waals surface area contributed by atoms with Crippen molar-refractivity contribution in [1.29, 1.82) is 0 Å². The number of fused-ring (bicyclic) bond motifs is 1. The molecular formula is C28H38N2O3. The lowest BCUT2D eigenvalue weighted by atomic mass is 9.97. The number of benzene rings is 2. The molecule has 2 aromatic rings. The number of anilines is 1. The largest absolute Gasteiger partial charge is 0.474 e. The average molecular weight is 451 g/mol. The van der Waals surface area contributed by atoms with Gasteiger partial charge in [-0.15, -0.1) is 0 Å². The Kier molecular flexibility index (Phi) is 8.93. The highest BCUT2D eigenvalue weighted by Gasteiger charge is 2.24. The maximum atomic E-state index is 12.5. The quantitative estimate of drug-likeness (QED) is 0.592. The molecule has 0 saturated heterocycles. The third kappa shape index (κ3) is 6.83. The molecule has 3 rings (SSSR count). The van der Waals surface area contributed by atoms with Crippen LogP contribution in [-0.2, 0) is 16.1 Å². The zero-order valence-corrected chi connectivity index (χ0v) is 20.3. The number of aryl methyl sites for hydroxylation is 1. The maximum Gasteiger partial charge on any atom is 0.394 e. The number of amides is 1. The molecule has 33 heavy (non-hydrogen) atoms. The monoisotopic (exact) mass is 450 g/mol. The molecule has 0 atom stereocenters. The predicted molar refractivity (Wildman–Crippen MR) is 134 cm³/mol. The summed E-state index contributed by atoms with van der Waals surface area (Å²) in [4.78, 5) is 28.0. The Morgan fingerprint density at radius 1 is 0.939 bits per heavy atom. The van der Waals surface area contributed by atoms with Gasteiger partial charge in [0.05, 0.1) is 0 Å². The van der Waals surface area contributed by atoms with Crippen molar-refractivity contribution < 1.29 is 14.7 Å². The summed E-state index contributed by atoms with van der Waals surface area (Å²) in [6, 6.07) is 14.8. The highest BCUT2D eigenvalue weighted by Crippen LogP contribution is 2.32. The minimum atomic E-state index is -1.38. The first-order valence-corrected chi connectivity index (χ1v) is 12.3. The van der Waals surface area contributed by atoms with E-state index in [1.807, 2.05) is 0 Å². The van der Waals surface area contributed by atoms with E-state index in [0.717, 1.165) is 55.6 Å². The fraction of sp³-hybridized carbons (Fsp3) is 0.500. The van der Waals surface area contributed by atoms with Crippen molar-refractivity contribution in [3.8, 4) is 11.1 Å². The molecule has 0 aliphatic carbocycles. The van der Waals surface area contributed by atoms with Crippen LogP contribution >= 0.6 is 0 Å². The molecular weight excluding hydrogens is 412 g/mol. The van der Waals surface area contributed by atoms with Crippen LogP contribution in [0.3, 0.4) is 0 Å². The van der Waals surface area contributed by atoms with Gasteiger partial charge in [0.1, 0.15) is 0 Å². The molecule has 0 radical (unpaired) electrons. The Hall–Kier alpha value is -2.82. The van der Waals surface area contributed by atoms with Crippen LogP contribution in [0.5, 0.6) is 0 Å². The number of carbonyl (C=O) groups excluding carboxylic acids is 1. The Bertz CT molecular complexity index is 954. The summed E-state index contributed by atoms with van der Waals surface area (Å²) >= 11 is 0. The van der Waals surface area contributed by atoms with Gasteiger partial charge in [-0.1, -0.05) is 75.9 Å². The number of rotatable bonds is 3. The molecule has 0 bridgehead atoms. The van der Waals surface area contributed by atoms with Crippen LogP contribution in [0, 0.1) is 12.8 Å². The normalized spacial score (nSPS) is 15.9. The van der Waals surface area contributed by atoms with E-state index < -0.39 is 11.9 Å². The molecule has 0 fully saturated rings. The van der Waals surface area contributed by atoms with Crippen LogP contribution in [0.1, 0.15) is 63.5 Å². The van der Waals surface area contributed by atoms with E-state index in [1.54, 1.807) is 0 Å². The van der Waals surface area contributed by atoms with Crippen molar-refractivity contribution in [2.24, 2.45) is 5.92 Å². The number of carboxylic acid groups (broad SMARTS) is 1. The van der Waals surface area contributed by atoms with Crippen LogP contribution in [0.15, 0.2) is 42.5 Å². The molecule has 1 N–H and O–H groups in total. The van der Waals surface area contributed by atoms with Gasteiger partial charge >= 0.3 is 11.9 Å². The van der Waals surface area contributed by atoms with Crippen LogP contribution in [-0.4, -0.2) is 41.5 Å². The first kappa shape index (κ1) is 24.8. The molecule has 1 aliphatic heterocycles. The van der Waals surface area contributed by atoms with Crippen LogP contribution in [0.4, 0.5) is 5.69 Å². The fourth-order valence-electron chi connectivity index (χ4n) is 4.71. The minimum Gasteiger partial charge on any atom is -0.474 e. The van der Waals surface area contributed by atoms with Gasteiger partial charge in [-0.3, -0.25) is 4.79 Å². The van der Waals surface area contributed by atoms with E-state index in [4.69, 9.17) is 0 Å². The summed E-state index contributed by atoms with van der Waals surface area (Å²) in [5.74, 6) is -1.70. The van der Waals surface area contributed by atoms with Crippen LogP contribution < -0.4 is 4.90 Å². The molecule has 2 aromatic carbocycles. The molecule has 0 unspecified atom stereocenters. The van der Waals surface area contributed by atoms with Gasteiger partial charge in [-0.25, -0.2) is 4.79 Å². The summed E-state index contributed by atoms with van der Waals surface area (Å²) in [6.07, 6.45) is 6.50. The van der Waals surface area contributed by atoms with E-state index in [-0.39, 0.29) is 0 Å². The molecule has 0 spiro atoms. The van der Waals surface area contributed by atoms with Gasteiger partial charge in [0.2, 0.25) is 0 Å². The first-order chi connectivity index (χ1) is 15.9. The second-order valence-corrected chi connectivity index (χ2v) is 9.65. The van der Waals surface area contributed by atoms with Gasteiger partial charge in [-0.2, -0.15) is 0 Å². The number of aliphatic carboxylic acids is 1. The smallest absolute Gasteiger partial charge is 0.394 e. The predicted octanol–water partition coefficient (Wildman–Crippen LogP) is 5.89. The molecule has 1 aliphatic rings. The van der Waals surface area contributed by atoms with E-state index in [9.17, 15) is 14.7 Å². The van der Waals surface area contributed by atoms with Crippen LogP contribution in [0.25, 0.3) is 11.1 Å². The lowest BCUT2D eigenvalue weighted by Gasteiger charge is -2.31. The number of nitrogens with zero attached hydrogens (tertiary/aromatic N) is 2. The van der Waals surface area contributed by atoms with Crippen molar-refractivity contribution in [1.82, 2.24) is 4.90 Å². The molecule has 178 valence electrons. The van der Waals surface area contributed by atoms with E-state index in [0.29, 0.717) is 19.0 Å². The SMILES string of the molecule is Cc1ccccc1-c1ccc2c(c1)N(CC(C)C)CCCCCCCCN(C(=O)C(=O)O)C2. The Morgan fingerprint density at radius 3 is 2.27 bits per heavy atom. The fourth-order valence-corrected chi connectivity index (χ4v) is 4.71. The Morgan fingerprint density at radius 2 is 1.61 bits per heavy atom. The maximum absolute atomic E-state index is 12.5. The molecule has 1 heterocycles. The minimum absolute atomic E-state index is 0.323. The van der Waals surface area contributed by atoms with Crippen molar-refractivity contribution in [2.45, 2.75) is 65.8 Å². The van der Waals surface area contributed by atoms with E-state index in [1.165, 1.54) is 28.9 Å². The molecule has 0 aromatic heterocycles. The summed E-state index contributed by atoms with van der Waals surface area (Å²) in [7, 11) is 0. The first-order valence-electron chi connectivity index (χ1n) is 12.3. The third-order valence-corrected chi connectivity index (χ3v) is 6.41. The standard InChI is InChI=1S/C28H38N2O3/c1-21(2)19-29-16-10-6-4-5-7-11-17-30(27(31)28(32)33)20-24-15-14-23(18-26(24)29)25-13-9-8-12-22(25)3/h8-9,12-15,18,21H,4-7,10-11,16-17,19-20H2,1-3H3,(H,32,33). The van der Waals surface area contributed by atoms with E-state index >= 15 is 0 Å². The second-order valence-electron chi connectivity index (χ2n) is 9.65. The summed E-state index contributed by atoms with van der Waals surface area (Å²) in [5.41, 5.74) is 5.71. The Balaban J connectivity index is 2.07. The molecule has 1 amide bonds. The Labute approximate surface area is 198 Å². The van der Waals surface area contributed by atoms with Gasteiger partial charge in [-0.05, 0) is 54.0 Å². The van der Waals surface area contributed by atoms with E-state index in [2.05, 4.69) is 68.1 Å². The van der Waals surface area contributed by atoms with Gasteiger partial charge in [0.25, 0.3) is 0 Å². The number of carboxylic acids is 1. The summed E-state index contributed by atoms with van der Waals surface area (Å²) < 4.78 is 0. The van der Waals surface area contributed by atoms with Gasteiger partial charge in [0.15, 0.2) is 0 Å². The molecule has 5 nitrogen and oxygen atoms in total. The highest BCUT2D eigenvalue weighted by atomic mass is 16.4. The summed E-state index contributed by atoms with van der Waals surface area (Å²) in [5, 5.41) is 9.41. The lowest BCUT2D eigenvalue weighted by Crippen LogP contribution is -2.37. The van der Waals surface area contributed by atoms with Crippen molar-refractivity contribution in [3.05, 3.63) is 53.6 Å². The number of hydrogen-bond acceptors (Lipinski definition) is 3. The van der Waals surface area contributed by atoms with Crippen LogP contribution in [0.2, 0.25) is 0 Å². The third-order valence-electron chi connectivity index (χ3n) is 6.41. The second kappa shape index (κ2) is 11.9. The topological polar surface area (TPSA) is 60.9 Å². The lowest BCUT2D eigenvalue weighted by molar-refractivity contribution is -0.156. The summed E-state index contributed by atoms with van der Waals surface area (Å²) in [6.45, 7) is 9.28. The van der Waals surface area contributed by atoms with Crippen molar-refractivity contribution in [3.63, 3.8) is 0 Å². The average Bonchev–Trinajstić information content (AvgIpc) is 2.80. The van der Waals surface area contributed by atoms with Gasteiger partial charge < -0.3 is 14.9 Å². The zero-order valence-electron chi connectivity index (χ0n) is 20.3. The van der Waals surface area contributed by atoms with Gasteiger partial charge in [0, 0.05) is 31.9 Å². The molecule has 5 heteroatoms. The number of carbonyl (C=O) groups is 2. The molecule has 0 saturated carbocycles. The van der Waals surface area contributed by atoms with Crippen molar-refractivity contribution >= 4 is 17.6 Å². The number of hydrogen-bond donors (Lipinski definition) is 1. The zero-order chi connectivity index (χ0) is 23.8. The van der Waals surface area contributed by atoms with Crippen molar-refractivity contribution in [2.75, 3.05) is 24.5 Å².